The maximum atomic E-state index is 12.1. The van der Waals surface area contributed by atoms with Crippen LogP contribution < -0.4 is 10.6 Å². The zero-order chi connectivity index (χ0) is 16.5. The van der Waals surface area contributed by atoms with Crippen LogP contribution in [-0.4, -0.2) is 17.4 Å². The van der Waals surface area contributed by atoms with Crippen LogP contribution in [0.2, 0.25) is 0 Å². The minimum Gasteiger partial charge on any atom is -0.384 e. The zero-order valence-electron chi connectivity index (χ0n) is 13.9. The van der Waals surface area contributed by atoms with Crippen LogP contribution in [-0.2, 0) is 6.54 Å². The quantitative estimate of drug-likeness (QED) is 0.726. The van der Waals surface area contributed by atoms with Gasteiger partial charge in [-0.25, -0.2) is 4.98 Å². The summed E-state index contributed by atoms with van der Waals surface area (Å²) in [6, 6.07) is 11.8. The topological polar surface area (TPSA) is 54.0 Å². The molecule has 4 heteroatoms. The summed E-state index contributed by atoms with van der Waals surface area (Å²) >= 11 is 0. The Balaban J connectivity index is 1.82. The van der Waals surface area contributed by atoms with Gasteiger partial charge in [-0.05, 0) is 31.0 Å². The molecule has 0 spiro atoms. The second-order valence-corrected chi connectivity index (χ2v) is 5.74. The summed E-state index contributed by atoms with van der Waals surface area (Å²) in [5.41, 5.74) is 3.68. The normalized spacial score (nSPS) is 10.3. The smallest absolute Gasteiger partial charge is 0.270 e. The Labute approximate surface area is 138 Å². The van der Waals surface area contributed by atoms with Crippen molar-refractivity contribution in [3.8, 4) is 0 Å². The molecule has 1 aromatic carbocycles. The molecule has 1 amide bonds. The molecule has 2 N–H and O–H groups in total. The summed E-state index contributed by atoms with van der Waals surface area (Å²) in [7, 11) is 0. The number of hydrogen-bond donors (Lipinski definition) is 2. The Morgan fingerprint density at radius 1 is 1.17 bits per heavy atom. The number of nitrogens with zero attached hydrogens (tertiary/aromatic N) is 1. The Kier molecular flexibility index (Phi) is 6.60. The first kappa shape index (κ1) is 17.0. The number of amides is 1. The van der Waals surface area contributed by atoms with Gasteiger partial charge in [-0.3, -0.25) is 4.79 Å². The molecule has 23 heavy (non-hydrogen) atoms. The lowest BCUT2D eigenvalue weighted by molar-refractivity contribution is 0.0946. The van der Waals surface area contributed by atoms with Gasteiger partial charge >= 0.3 is 0 Å². The van der Waals surface area contributed by atoms with Crippen LogP contribution in [0.5, 0.6) is 0 Å². The van der Waals surface area contributed by atoms with Gasteiger partial charge in [0.25, 0.3) is 5.91 Å². The lowest BCUT2D eigenvalue weighted by Gasteiger charge is -2.08. The number of anilines is 1. The summed E-state index contributed by atoms with van der Waals surface area (Å²) in [5.74, 6) is -0.149. The lowest BCUT2D eigenvalue weighted by atomic mass is 10.1. The summed E-state index contributed by atoms with van der Waals surface area (Å²) in [6.07, 6.45) is 5.29. The highest BCUT2D eigenvalue weighted by Gasteiger charge is 2.06. The van der Waals surface area contributed by atoms with E-state index >= 15 is 0 Å². The van der Waals surface area contributed by atoms with Crippen molar-refractivity contribution in [3.05, 3.63) is 59.4 Å². The Morgan fingerprint density at radius 3 is 2.74 bits per heavy atom. The second kappa shape index (κ2) is 8.93. The van der Waals surface area contributed by atoms with Crippen molar-refractivity contribution < 1.29 is 4.79 Å². The molecule has 0 saturated heterocycles. The zero-order valence-corrected chi connectivity index (χ0v) is 13.9. The summed E-state index contributed by atoms with van der Waals surface area (Å²) in [6.45, 7) is 5.68. The average Bonchev–Trinajstić information content (AvgIpc) is 2.57. The fourth-order valence-corrected chi connectivity index (χ4v) is 2.34. The Bertz CT molecular complexity index is 623. The molecule has 0 atom stereocenters. The van der Waals surface area contributed by atoms with Crippen molar-refractivity contribution in [3.63, 3.8) is 0 Å². The number of rotatable bonds is 8. The molecular formula is C19H25N3O. The first-order valence-electron chi connectivity index (χ1n) is 8.22. The SMILES string of the molecule is CCCCCNc1ccc(C(=O)NCc2cccc(C)c2)nc1. The largest absolute Gasteiger partial charge is 0.384 e. The van der Waals surface area contributed by atoms with Crippen molar-refractivity contribution in [2.45, 2.75) is 39.7 Å². The van der Waals surface area contributed by atoms with Crippen LogP contribution in [0.4, 0.5) is 5.69 Å². The molecule has 0 radical (unpaired) electrons. The molecule has 2 aromatic rings. The summed E-state index contributed by atoms with van der Waals surface area (Å²) in [5, 5.41) is 6.22. The molecule has 0 aliphatic heterocycles. The minimum absolute atomic E-state index is 0.149. The molecule has 4 nitrogen and oxygen atoms in total. The van der Waals surface area contributed by atoms with E-state index in [2.05, 4.69) is 28.6 Å². The maximum absolute atomic E-state index is 12.1. The van der Waals surface area contributed by atoms with Crippen LogP contribution in [0.3, 0.4) is 0 Å². The third kappa shape index (κ3) is 5.74. The van der Waals surface area contributed by atoms with E-state index in [0.29, 0.717) is 12.2 Å². The number of aryl methyl sites for hydroxylation is 1. The summed E-state index contributed by atoms with van der Waals surface area (Å²) < 4.78 is 0. The van der Waals surface area contributed by atoms with Gasteiger partial charge in [-0.1, -0.05) is 49.6 Å². The number of nitrogens with one attached hydrogen (secondary N) is 2. The van der Waals surface area contributed by atoms with Gasteiger partial charge in [-0.15, -0.1) is 0 Å². The van der Waals surface area contributed by atoms with E-state index in [-0.39, 0.29) is 5.91 Å². The monoisotopic (exact) mass is 311 g/mol. The molecule has 0 bridgehead atoms. The number of carbonyl (C=O) groups is 1. The predicted molar refractivity (Wildman–Crippen MR) is 94.6 cm³/mol. The van der Waals surface area contributed by atoms with Gasteiger partial charge in [0.2, 0.25) is 0 Å². The van der Waals surface area contributed by atoms with Gasteiger partial charge in [0.05, 0.1) is 11.9 Å². The lowest BCUT2D eigenvalue weighted by Crippen LogP contribution is -2.23. The van der Waals surface area contributed by atoms with Crippen molar-refractivity contribution in [1.29, 1.82) is 0 Å². The van der Waals surface area contributed by atoms with Crippen molar-refractivity contribution in [1.82, 2.24) is 10.3 Å². The van der Waals surface area contributed by atoms with Crippen LogP contribution in [0.1, 0.15) is 47.8 Å². The molecule has 0 aliphatic rings. The summed E-state index contributed by atoms with van der Waals surface area (Å²) in [4.78, 5) is 16.4. The highest BCUT2D eigenvalue weighted by molar-refractivity contribution is 5.92. The van der Waals surface area contributed by atoms with E-state index in [4.69, 9.17) is 0 Å². The molecule has 0 aliphatic carbocycles. The first-order valence-corrected chi connectivity index (χ1v) is 8.22. The predicted octanol–water partition coefficient (Wildman–Crippen LogP) is 3.92. The standard InChI is InChI=1S/C19H25N3O/c1-3-4-5-11-20-17-9-10-18(21-14-17)19(23)22-13-16-8-6-7-15(2)12-16/h6-10,12,14,20H,3-5,11,13H2,1-2H3,(H,22,23). The highest BCUT2D eigenvalue weighted by atomic mass is 16.1. The van der Waals surface area contributed by atoms with Gasteiger partial charge < -0.3 is 10.6 Å². The van der Waals surface area contributed by atoms with Gasteiger partial charge in [0.15, 0.2) is 0 Å². The fourth-order valence-electron chi connectivity index (χ4n) is 2.34. The van der Waals surface area contributed by atoms with Gasteiger partial charge in [-0.2, -0.15) is 0 Å². The van der Waals surface area contributed by atoms with Crippen molar-refractivity contribution in [2.75, 3.05) is 11.9 Å². The maximum Gasteiger partial charge on any atom is 0.270 e. The molecule has 122 valence electrons. The Hall–Kier alpha value is -2.36. The number of carbonyl (C=O) groups excluding carboxylic acids is 1. The minimum atomic E-state index is -0.149. The van der Waals surface area contributed by atoms with Gasteiger partial charge in [0.1, 0.15) is 5.69 Å². The third-order valence-electron chi connectivity index (χ3n) is 3.64. The number of pyridine rings is 1. The molecule has 0 unspecified atom stereocenters. The number of benzene rings is 1. The number of hydrogen-bond acceptors (Lipinski definition) is 3. The van der Waals surface area contributed by atoms with E-state index in [1.54, 1.807) is 12.3 Å². The molecule has 2 rings (SSSR count). The van der Waals surface area contributed by atoms with Crippen molar-refractivity contribution in [2.24, 2.45) is 0 Å². The molecule has 1 heterocycles. The van der Waals surface area contributed by atoms with Crippen LogP contribution >= 0.6 is 0 Å². The van der Waals surface area contributed by atoms with E-state index in [1.165, 1.54) is 18.4 Å². The first-order chi connectivity index (χ1) is 11.2. The van der Waals surface area contributed by atoms with Crippen molar-refractivity contribution >= 4 is 11.6 Å². The second-order valence-electron chi connectivity index (χ2n) is 5.74. The van der Waals surface area contributed by atoms with E-state index in [0.717, 1.165) is 24.2 Å². The number of unbranched alkanes of at least 4 members (excludes halogenated alkanes) is 2. The van der Waals surface area contributed by atoms with E-state index in [1.807, 2.05) is 31.2 Å². The fraction of sp³-hybridized carbons (Fsp3) is 0.368. The molecule has 1 aromatic heterocycles. The van der Waals surface area contributed by atoms with Gasteiger partial charge in [0, 0.05) is 13.1 Å². The van der Waals surface area contributed by atoms with Crippen LogP contribution in [0.15, 0.2) is 42.6 Å². The van der Waals surface area contributed by atoms with Crippen LogP contribution in [0.25, 0.3) is 0 Å². The van der Waals surface area contributed by atoms with Crippen LogP contribution in [0, 0.1) is 6.92 Å². The third-order valence-corrected chi connectivity index (χ3v) is 3.64. The van der Waals surface area contributed by atoms with E-state index in [9.17, 15) is 4.79 Å². The highest BCUT2D eigenvalue weighted by Crippen LogP contribution is 2.08. The average molecular weight is 311 g/mol. The molecule has 0 fully saturated rings. The Morgan fingerprint density at radius 2 is 2.04 bits per heavy atom. The molecular weight excluding hydrogens is 286 g/mol. The number of aromatic nitrogens is 1. The molecule has 0 saturated carbocycles. The van der Waals surface area contributed by atoms with E-state index < -0.39 is 0 Å².